The minimum Gasteiger partial charge on any atom is -0.314 e. The molecule has 3 heterocycles. The average Bonchev–Trinajstić information content (AvgIpc) is 3.14. The molecule has 6 rings (SSSR count). The number of amidine groups is 1. The van der Waals surface area contributed by atoms with Crippen LogP contribution < -0.4 is 4.90 Å². The minimum atomic E-state index is -0.0229. The molecule has 1 unspecified atom stereocenters. The maximum absolute atomic E-state index is 6.13. The fourth-order valence-electron chi connectivity index (χ4n) is 4.60. The standard InChI is InChI=1S/C27H21ClN4/c1-17-7-9-20(10-8-17)26-25-18(2)30-32(22-14-12-21(28)13-15-22)27(25)29-24-16-11-19-5-3-4-6-23(19)31(24)26/h3-16,26H,1-2H3. The molecule has 156 valence electrons. The first-order valence-corrected chi connectivity index (χ1v) is 11.0. The average molecular weight is 437 g/mol. The Bertz CT molecular complexity index is 1390. The third-order valence-corrected chi connectivity index (χ3v) is 6.40. The lowest BCUT2D eigenvalue weighted by molar-refractivity contribution is 0.813. The molecule has 1 atom stereocenters. The Morgan fingerprint density at radius 2 is 1.59 bits per heavy atom. The Morgan fingerprint density at radius 1 is 0.844 bits per heavy atom. The fourth-order valence-corrected chi connectivity index (χ4v) is 4.72. The van der Waals surface area contributed by atoms with Gasteiger partial charge in [-0.25, -0.2) is 9.67 Å². The number of anilines is 1. The van der Waals surface area contributed by atoms with E-state index >= 15 is 0 Å². The molecule has 4 aromatic rings. The summed E-state index contributed by atoms with van der Waals surface area (Å²) in [5, 5.41) is 5.62. The fraction of sp³-hybridized carbons (Fsp3) is 0.111. The van der Waals surface area contributed by atoms with E-state index < -0.39 is 0 Å². The highest BCUT2D eigenvalue weighted by atomic mass is 35.5. The summed E-state index contributed by atoms with van der Waals surface area (Å²) in [6.07, 6.45) is 4.23. The summed E-state index contributed by atoms with van der Waals surface area (Å²) >= 11 is 6.13. The zero-order valence-corrected chi connectivity index (χ0v) is 18.6. The van der Waals surface area contributed by atoms with Crippen LogP contribution >= 0.6 is 11.6 Å². The second kappa shape index (κ2) is 7.21. The van der Waals surface area contributed by atoms with Crippen molar-refractivity contribution in [3.63, 3.8) is 0 Å². The first-order valence-electron chi connectivity index (χ1n) is 10.7. The summed E-state index contributed by atoms with van der Waals surface area (Å²) in [6, 6.07) is 25.0. The van der Waals surface area contributed by atoms with Crippen LogP contribution in [-0.2, 0) is 0 Å². The van der Waals surface area contributed by atoms with Crippen molar-refractivity contribution in [1.29, 1.82) is 0 Å². The summed E-state index contributed by atoms with van der Waals surface area (Å²) in [6.45, 7) is 4.18. The Kier molecular flexibility index (Phi) is 4.30. The van der Waals surface area contributed by atoms with Crippen molar-refractivity contribution in [2.24, 2.45) is 4.99 Å². The van der Waals surface area contributed by atoms with Gasteiger partial charge in [-0.1, -0.05) is 59.6 Å². The number of hydrogen-bond acceptors (Lipinski definition) is 3. The first kappa shape index (κ1) is 19.1. The van der Waals surface area contributed by atoms with Gasteiger partial charge in [-0.2, -0.15) is 5.10 Å². The summed E-state index contributed by atoms with van der Waals surface area (Å²) < 4.78 is 1.93. The third-order valence-electron chi connectivity index (χ3n) is 6.15. The number of aromatic nitrogens is 2. The molecule has 3 aromatic carbocycles. The number of nitrogens with zero attached hydrogens (tertiary/aromatic N) is 4. The summed E-state index contributed by atoms with van der Waals surface area (Å²) in [4.78, 5) is 7.44. The van der Waals surface area contributed by atoms with Crippen LogP contribution in [0.3, 0.4) is 0 Å². The van der Waals surface area contributed by atoms with E-state index in [-0.39, 0.29) is 6.04 Å². The molecular formula is C27H21ClN4. The molecule has 0 radical (unpaired) electrons. The minimum absolute atomic E-state index is 0.0229. The molecule has 0 amide bonds. The van der Waals surface area contributed by atoms with Gasteiger partial charge in [0.25, 0.3) is 0 Å². The summed E-state index contributed by atoms with van der Waals surface area (Å²) in [5.74, 6) is 1.78. The van der Waals surface area contributed by atoms with Crippen molar-refractivity contribution in [1.82, 2.24) is 9.78 Å². The monoisotopic (exact) mass is 436 g/mol. The van der Waals surface area contributed by atoms with Crippen molar-refractivity contribution in [2.75, 3.05) is 4.90 Å². The maximum atomic E-state index is 6.13. The highest BCUT2D eigenvalue weighted by Crippen LogP contribution is 2.46. The maximum Gasteiger partial charge on any atom is 0.163 e. The highest BCUT2D eigenvalue weighted by molar-refractivity contribution is 6.30. The Hall–Kier alpha value is -3.63. The molecule has 0 bridgehead atoms. The van der Waals surface area contributed by atoms with Gasteiger partial charge in [-0.05, 0) is 67.5 Å². The number of fused-ring (bicyclic) bond motifs is 4. The first-order chi connectivity index (χ1) is 15.6. The van der Waals surface area contributed by atoms with Gasteiger partial charge in [-0.15, -0.1) is 0 Å². The number of rotatable bonds is 2. The molecule has 0 spiro atoms. The predicted octanol–water partition coefficient (Wildman–Crippen LogP) is 6.81. The Morgan fingerprint density at radius 3 is 2.38 bits per heavy atom. The topological polar surface area (TPSA) is 33.4 Å². The van der Waals surface area contributed by atoms with Gasteiger partial charge < -0.3 is 4.90 Å². The lowest BCUT2D eigenvalue weighted by Gasteiger charge is -2.39. The van der Waals surface area contributed by atoms with E-state index in [1.807, 2.05) is 28.9 Å². The van der Waals surface area contributed by atoms with Gasteiger partial charge in [0.15, 0.2) is 5.82 Å². The largest absolute Gasteiger partial charge is 0.314 e. The Balaban J connectivity index is 1.62. The van der Waals surface area contributed by atoms with E-state index in [0.29, 0.717) is 5.02 Å². The van der Waals surface area contributed by atoms with E-state index in [0.717, 1.165) is 34.3 Å². The number of halogens is 1. The lowest BCUT2D eigenvalue weighted by Crippen LogP contribution is -2.38. The molecule has 0 saturated carbocycles. The van der Waals surface area contributed by atoms with E-state index in [9.17, 15) is 0 Å². The predicted molar refractivity (Wildman–Crippen MR) is 131 cm³/mol. The number of aryl methyl sites for hydroxylation is 2. The van der Waals surface area contributed by atoms with Crippen LogP contribution in [0.25, 0.3) is 11.8 Å². The molecule has 2 aliphatic heterocycles. The zero-order valence-electron chi connectivity index (χ0n) is 17.8. The second-order valence-corrected chi connectivity index (χ2v) is 8.69. The molecule has 1 aromatic heterocycles. The lowest BCUT2D eigenvalue weighted by atomic mass is 9.92. The van der Waals surface area contributed by atoms with Gasteiger partial charge in [0.2, 0.25) is 0 Å². The molecule has 5 heteroatoms. The third kappa shape index (κ3) is 2.91. The SMILES string of the molecule is Cc1ccc(C2c3c(C)nn(-c4ccc(Cl)cc4)c3N=C3C=Cc4ccccc4N32)cc1. The van der Waals surface area contributed by atoms with Crippen molar-refractivity contribution in [3.8, 4) is 5.69 Å². The highest BCUT2D eigenvalue weighted by Gasteiger charge is 2.37. The van der Waals surface area contributed by atoms with Crippen molar-refractivity contribution < 1.29 is 0 Å². The van der Waals surface area contributed by atoms with Crippen LogP contribution in [0.15, 0.2) is 83.9 Å². The van der Waals surface area contributed by atoms with Gasteiger partial charge in [-0.3, -0.25) is 0 Å². The summed E-state index contributed by atoms with van der Waals surface area (Å²) in [7, 11) is 0. The van der Waals surface area contributed by atoms with Crippen LogP contribution in [0.5, 0.6) is 0 Å². The van der Waals surface area contributed by atoms with E-state index in [1.165, 1.54) is 16.7 Å². The number of hydrogen-bond donors (Lipinski definition) is 0. The Labute approximate surface area is 192 Å². The van der Waals surface area contributed by atoms with Gasteiger partial charge in [0, 0.05) is 10.6 Å². The molecule has 0 fully saturated rings. The van der Waals surface area contributed by atoms with Gasteiger partial charge >= 0.3 is 0 Å². The molecule has 0 aliphatic carbocycles. The molecule has 2 aliphatic rings. The zero-order chi connectivity index (χ0) is 21.8. The molecule has 4 nitrogen and oxygen atoms in total. The van der Waals surface area contributed by atoms with Crippen LogP contribution in [-0.4, -0.2) is 15.6 Å². The van der Waals surface area contributed by atoms with Crippen molar-refractivity contribution in [3.05, 3.63) is 112 Å². The molecule has 32 heavy (non-hydrogen) atoms. The second-order valence-electron chi connectivity index (χ2n) is 8.26. The molecule has 0 N–H and O–H groups in total. The van der Waals surface area contributed by atoms with Gasteiger partial charge in [0.05, 0.1) is 23.1 Å². The van der Waals surface area contributed by atoms with Crippen molar-refractivity contribution >= 4 is 35.0 Å². The smallest absolute Gasteiger partial charge is 0.163 e. The van der Waals surface area contributed by atoms with Crippen LogP contribution in [0.2, 0.25) is 5.02 Å². The molecule has 0 saturated heterocycles. The van der Waals surface area contributed by atoms with Crippen LogP contribution in [0, 0.1) is 13.8 Å². The summed E-state index contributed by atoms with van der Waals surface area (Å²) in [5.41, 5.74) is 7.84. The normalized spacial score (nSPS) is 16.3. The number of para-hydroxylation sites is 1. The van der Waals surface area contributed by atoms with Crippen LogP contribution in [0.1, 0.15) is 34.0 Å². The van der Waals surface area contributed by atoms with E-state index in [4.69, 9.17) is 21.7 Å². The number of aliphatic imine (C=N–C) groups is 1. The molecular weight excluding hydrogens is 416 g/mol. The quantitative estimate of drug-likeness (QED) is 0.346. The van der Waals surface area contributed by atoms with E-state index in [2.05, 4.69) is 79.4 Å². The van der Waals surface area contributed by atoms with Gasteiger partial charge in [0.1, 0.15) is 5.84 Å². The number of benzene rings is 3. The van der Waals surface area contributed by atoms with Crippen LogP contribution in [0.4, 0.5) is 11.5 Å². The van der Waals surface area contributed by atoms with E-state index in [1.54, 1.807) is 0 Å². The van der Waals surface area contributed by atoms with Crippen molar-refractivity contribution in [2.45, 2.75) is 19.9 Å².